The van der Waals surface area contributed by atoms with Crippen molar-refractivity contribution >= 4 is 51.0 Å². The molecule has 0 aliphatic rings. The number of nitrogens with zero attached hydrogens (tertiary/aromatic N) is 1. The van der Waals surface area contributed by atoms with Crippen molar-refractivity contribution in [2.24, 2.45) is 5.90 Å². The number of carbonyl (C=O) groups excluding carboxylic acids is 1. The van der Waals surface area contributed by atoms with Crippen molar-refractivity contribution in [1.29, 1.82) is 0 Å². The van der Waals surface area contributed by atoms with E-state index >= 15 is 0 Å². The number of fused-ring (bicyclic) bond motifs is 1. The molecule has 3 N–H and O–H groups in total. The second kappa shape index (κ2) is 6.32. The van der Waals surface area contributed by atoms with Gasteiger partial charge in [-0.1, -0.05) is 0 Å². The van der Waals surface area contributed by atoms with Crippen molar-refractivity contribution in [2.75, 3.05) is 5.32 Å². The molecular formula is C15H10F2IN3O3. The van der Waals surface area contributed by atoms with E-state index in [0.717, 1.165) is 15.5 Å². The van der Waals surface area contributed by atoms with Gasteiger partial charge in [0.1, 0.15) is 11.1 Å². The summed E-state index contributed by atoms with van der Waals surface area (Å²) >= 11 is 2.12. The Morgan fingerprint density at radius 2 is 2.12 bits per heavy atom. The molecule has 0 saturated carbocycles. The molecule has 0 spiro atoms. The van der Waals surface area contributed by atoms with Gasteiger partial charge in [-0.05, 0) is 53.3 Å². The summed E-state index contributed by atoms with van der Waals surface area (Å²) in [6.07, 6.45) is 0.903. The molecule has 24 heavy (non-hydrogen) atoms. The first-order valence-corrected chi connectivity index (χ1v) is 7.70. The number of carbonyl (C=O) groups is 1. The van der Waals surface area contributed by atoms with Crippen LogP contribution in [0.2, 0.25) is 0 Å². The van der Waals surface area contributed by atoms with Crippen molar-refractivity contribution in [3.63, 3.8) is 0 Å². The van der Waals surface area contributed by atoms with Crippen LogP contribution in [0.4, 0.5) is 20.2 Å². The first-order valence-electron chi connectivity index (χ1n) is 6.62. The van der Waals surface area contributed by atoms with Crippen molar-refractivity contribution in [3.05, 3.63) is 50.9 Å². The molecule has 0 saturated heterocycles. The van der Waals surface area contributed by atoms with Crippen LogP contribution in [0.15, 0.2) is 29.0 Å². The summed E-state index contributed by atoms with van der Waals surface area (Å²) in [5.41, 5.74) is -0.184. The molecule has 0 bridgehead atoms. The van der Waals surface area contributed by atoms with Gasteiger partial charge in [0.2, 0.25) is 5.82 Å². The molecule has 0 fully saturated rings. The summed E-state index contributed by atoms with van der Waals surface area (Å²) in [6.45, 7) is 1.79. The van der Waals surface area contributed by atoms with Crippen LogP contribution in [-0.2, 0) is 4.84 Å². The quantitative estimate of drug-likeness (QED) is 0.471. The topological polar surface area (TPSA) is 90.4 Å². The molecule has 1 heterocycles. The summed E-state index contributed by atoms with van der Waals surface area (Å²) in [5.74, 6) is 1.28. The number of aryl methyl sites for hydroxylation is 1. The van der Waals surface area contributed by atoms with E-state index < -0.39 is 28.9 Å². The lowest BCUT2D eigenvalue weighted by molar-refractivity contribution is 0.0506. The van der Waals surface area contributed by atoms with Crippen molar-refractivity contribution in [3.8, 4) is 0 Å². The smallest absolute Gasteiger partial charge is 0.361 e. The van der Waals surface area contributed by atoms with E-state index in [2.05, 4.69) is 37.7 Å². The van der Waals surface area contributed by atoms with E-state index in [-0.39, 0.29) is 11.1 Å². The van der Waals surface area contributed by atoms with Crippen molar-refractivity contribution < 1.29 is 22.8 Å². The van der Waals surface area contributed by atoms with Gasteiger partial charge in [0.25, 0.3) is 0 Å². The highest BCUT2D eigenvalue weighted by atomic mass is 127. The van der Waals surface area contributed by atoms with Crippen LogP contribution in [0.1, 0.15) is 15.9 Å². The van der Waals surface area contributed by atoms with E-state index in [1.54, 1.807) is 19.1 Å². The third-order valence-electron chi connectivity index (χ3n) is 3.43. The van der Waals surface area contributed by atoms with Gasteiger partial charge in [-0.15, -0.1) is 0 Å². The highest BCUT2D eigenvalue weighted by molar-refractivity contribution is 14.1. The number of nitrogens with two attached hydrogens (primary N) is 1. The lowest BCUT2D eigenvalue weighted by Crippen LogP contribution is -2.15. The van der Waals surface area contributed by atoms with Gasteiger partial charge < -0.3 is 14.6 Å². The number of oxazole rings is 1. The Hall–Kier alpha value is -2.27. The molecule has 124 valence electrons. The number of benzene rings is 2. The molecule has 6 nitrogen and oxygen atoms in total. The van der Waals surface area contributed by atoms with E-state index in [4.69, 9.17) is 10.3 Å². The van der Waals surface area contributed by atoms with Gasteiger partial charge >= 0.3 is 5.97 Å². The first-order chi connectivity index (χ1) is 11.4. The minimum atomic E-state index is -1.29. The zero-order chi connectivity index (χ0) is 17.4. The Kier molecular flexibility index (Phi) is 4.37. The molecule has 2 aromatic carbocycles. The molecule has 0 radical (unpaired) electrons. The summed E-state index contributed by atoms with van der Waals surface area (Å²) in [7, 11) is 0. The van der Waals surface area contributed by atoms with E-state index in [1.807, 2.05) is 6.07 Å². The maximum atomic E-state index is 14.5. The van der Waals surface area contributed by atoms with Crippen LogP contribution in [0.25, 0.3) is 11.1 Å². The van der Waals surface area contributed by atoms with Crippen LogP contribution in [-0.4, -0.2) is 11.0 Å². The number of nitrogens with one attached hydrogen (secondary N) is 1. The monoisotopic (exact) mass is 445 g/mol. The molecule has 1 aromatic heterocycles. The highest BCUT2D eigenvalue weighted by Gasteiger charge is 2.28. The lowest BCUT2D eigenvalue weighted by atomic mass is 10.1. The molecule has 0 unspecified atom stereocenters. The fourth-order valence-electron chi connectivity index (χ4n) is 2.29. The van der Waals surface area contributed by atoms with Gasteiger partial charge in [-0.2, -0.15) is 10.3 Å². The van der Waals surface area contributed by atoms with E-state index in [9.17, 15) is 13.6 Å². The minimum Gasteiger partial charge on any atom is -0.440 e. The maximum absolute atomic E-state index is 14.5. The Bertz CT molecular complexity index is 959. The van der Waals surface area contributed by atoms with E-state index in [1.165, 1.54) is 0 Å². The van der Waals surface area contributed by atoms with Gasteiger partial charge in [-0.3, -0.25) is 0 Å². The lowest BCUT2D eigenvalue weighted by Gasteiger charge is -2.14. The number of hydrogen-bond acceptors (Lipinski definition) is 6. The Labute approximate surface area is 148 Å². The van der Waals surface area contributed by atoms with Gasteiger partial charge in [0.05, 0.1) is 5.69 Å². The average molecular weight is 445 g/mol. The molecule has 3 aromatic rings. The standard InChI is InChI=1S/C15H10F2IN3O3/c1-6-4-7(18)2-3-8(6)21-12-9(15(22)24-19)13-14(23-5-20-13)11(17)10(12)16/h2-5,21H,19H2,1H3. The molecule has 0 atom stereocenters. The summed E-state index contributed by atoms with van der Waals surface area (Å²) in [6, 6.07) is 5.30. The first kappa shape index (κ1) is 16.6. The predicted molar refractivity (Wildman–Crippen MR) is 90.7 cm³/mol. The largest absolute Gasteiger partial charge is 0.440 e. The van der Waals surface area contributed by atoms with Gasteiger partial charge in [0.15, 0.2) is 17.8 Å². The second-order valence-corrected chi connectivity index (χ2v) is 6.14. The van der Waals surface area contributed by atoms with Crippen LogP contribution in [0.5, 0.6) is 0 Å². The van der Waals surface area contributed by atoms with Gasteiger partial charge in [0, 0.05) is 9.26 Å². The predicted octanol–water partition coefficient (Wildman–Crippen LogP) is 3.79. The summed E-state index contributed by atoms with van der Waals surface area (Å²) in [5, 5.41) is 2.72. The summed E-state index contributed by atoms with van der Waals surface area (Å²) < 4.78 is 34.4. The Balaban J connectivity index is 2.25. The van der Waals surface area contributed by atoms with Crippen LogP contribution in [0, 0.1) is 22.1 Å². The number of halogens is 3. The second-order valence-electron chi connectivity index (χ2n) is 4.90. The third-order valence-corrected chi connectivity index (χ3v) is 4.10. The Morgan fingerprint density at radius 1 is 1.38 bits per heavy atom. The third kappa shape index (κ3) is 2.69. The average Bonchev–Trinajstić information content (AvgIpc) is 3.03. The zero-order valence-electron chi connectivity index (χ0n) is 12.2. The molecule has 9 heteroatoms. The van der Waals surface area contributed by atoms with Crippen molar-refractivity contribution in [2.45, 2.75) is 6.92 Å². The highest BCUT2D eigenvalue weighted by Crippen LogP contribution is 2.35. The number of anilines is 2. The molecule has 3 rings (SSSR count). The summed E-state index contributed by atoms with van der Waals surface area (Å²) in [4.78, 5) is 19.9. The maximum Gasteiger partial charge on any atom is 0.361 e. The molecule has 0 aliphatic carbocycles. The fourth-order valence-corrected chi connectivity index (χ4v) is 2.94. The Morgan fingerprint density at radius 3 is 2.79 bits per heavy atom. The number of aromatic nitrogens is 1. The van der Waals surface area contributed by atoms with Crippen molar-refractivity contribution in [1.82, 2.24) is 4.98 Å². The fraction of sp³-hybridized carbons (Fsp3) is 0.0667. The number of rotatable bonds is 3. The van der Waals surface area contributed by atoms with Gasteiger partial charge in [-0.25, -0.2) is 14.2 Å². The number of hydrogen-bond donors (Lipinski definition) is 2. The minimum absolute atomic E-state index is 0.185. The SMILES string of the molecule is Cc1cc(I)ccc1Nc1c(F)c(F)c2ocnc2c1C(=O)ON. The molecule has 0 amide bonds. The molecule has 0 aliphatic heterocycles. The zero-order valence-corrected chi connectivity index (χ0v) is 14.4. The van der Waals surface area contributed by atoms with Crippen LogP contribution < -0.4 is 11.2 Å². The molecular weight excluding hydrogens is 435 g/mol. The normalized spacial score (nSPS) is 10.9. The van der Waals surface area contributed by atoms with E-state index in [0.29, 0.717) is 5.69 Å². The van der Waals surface area contributed by atoms with Crippen LogP contribution in [0.3, 0.4) is 0 Å². The van der Waals surface area contributed by atoms with Crippen LogP contribution >= 0.6 is 22.6 Å².